The molecule has 0 saturated carbocycles. The number of anilines is 1. The van der Waals surface area contributed by atoms with Gasteiger partial charge < -0.3 is 10.1 Å². The molecule has 0 bridgehead atoms. The summed E-state index contributed by atoms with van der Waals surface area (Å²) in [6.07, 6.45) is 0. The van der Waals surface area contributed by atoms with Crippen molar-refractivity contribution in [2.75, 3.05) is 12.4 Å². The van der Waals surface area contributed by atoms with Crippen LogP contribution in [-0.2, 0) is 11.3 Å². The number of carbonyl (C=O) groups excluding carboxylic acids is 1. The second-order valence-electron chi connectivity index (χ2n) is 6.81. The lowest BCUT2D eigenvalue weighted by molar-refractivity contribution is -0.116. The third-order valence-corrected chi connectivity index (χ3v) is 6.00. The number of para-hydroxylation sites is 1. The van der Waals surface area contributed by atoms with E-state index in [1.807, 2.05) is 6.92 Å². The molecule has 0 atom stereocenters. The number of fused-ring (bicyclic) bond motifs is 1. The van der Waals surface area contributed by atoms with Crippen LogP contribution < -0.4 is 21.3 Å². The van der Waals surface area contributed by atoms with Crippen molar-refractivity contribution in [1.29, 1.82) is 0 Å². The van der Waals surface area contributed by atoms with Crippen LogP contribution in [-0.4, -0.2) is 22.2 Å². The number of halogens is 1. The Labute approximate surface area is 186 Å². The van der Waals surface area contributed by atoms with E-state index in [0.29, 0.717) is 32.4 Å². The smallest absolute Gasteiger partial charge is 0.337 e. The number of nitrogens with zero attached hydrogens (tertiary/aromatic N) is 2. The summed E-state index contributed by atoms with van der Waals surface area (Å²) in [4.78, 5) is 40.5. The van der Waals surface area contributed by atoms with Gasteiger partial charge in [0.1, 0.15) is 17.1 Å². The van der Waals surface area contributed by atoms with Crippen LogP contribution in [0, 0.1) is 6.92 Å². The number of hydrogen-bond donors (Lipinski definition) is 1. The summed E-state index contributed by atoms with van der Waals surface area (Å²) < 4.78 is 7.65. The number of carbonyl (C=O) groups is 1. The zero-order valence-corrected chi connectivity index (χ0v) is 18.3. The topological polar surface area (TPSA) is 82.3 Å². The number of thiophene rings is 1. The molecular weight excluding hydrogens is 438 g/mol. The molecule has 0 fully saturated rings. The maximum absolute atomic E-state index is 13.3. The van der Waals surface area contributed by atoms with Crippen LogP contribution >= 0.6 is 22.9 Å². The maximum atomic E-state index is 13.3. The number of hydrogen-bond acceptors (Lipinski definition) is 5. The average Bonchev–Trinajstić information content (AvgIpc) is 3.14. The minimum absolute atomic E-state index is 0.280. The van der Waals surface area contributed by atoms with Crippen molar-refractivity contribution in [2.24, 2.45) is 0 Å². The zero-order valence-electron chi connectivity index (χ0n) is 16.7. The van der Waals surface area contributed by atoms with Crippen molar-refractivity contribution in [2.45, 2.75) is 13.5 Å². The second-order valence-corrected chi connectivity index (χ2v) is 8.48. The molecule has 4 aromatic rings. The fourth-order valence-corrected chi connectivity index (χ4v) is 4.49. The van der Waals surface area contributed by atoms with Gasteiger partial charge in [0.25, 0.3) is 5.56 Å². The number of amides is 1. The molecule has 4 rings (SSSR count). The molecule has 7 nitrogen and oxygen atoms in total. The molecule has 0 spiro atoms. The van der Waals surface area contributed by atoms with E-state index < -0.39 is 17.2 Å². The largest absolute Gasteiger partial charge is 0.495 e. The summed E-state index contributed by atoms with van der Waals surface area (Å²) in [6, 6.07) is 15.2. The van der Waals surface area contributed by atoms with Gasteiger partial charge in [0.15, 0.2) is 0 Å². The number of ether oxygens (including phenoxy) is 1. The van der Waals surface area contributed by atoms with Crippen LogP contribution in [0.5, 0.6) is 5.75 Å². The van der Waals surface area contributed by atoms with Crippen molar-refractivity contribution in [1.82, 2.24) is 9.13 Å². The van der Waals surface area contributed by atoms with E-state index in [1.165, 1.54) is 23.0 Å². The van der Waals surface area contributed by atoms with Gasteiger partial charge in [-0.05, 0) is 43.3 Å². The number of nitrogens with one attached hydrogen (secondary N) is 1. The van der Waals surface area contributed by atoms with Gasteiger partial charge in [-0.3, -0.25) is 14.2 Å². The zero-order chi connectivity index (χ0) is 22.1. The third kappa shape index (κ3) is 3.99. The van der Waals surface area contributed by atoms with Crippen LogP contribution in [0.15, 0.2) is 64.2 Å². The average molecular weight is 456 g/mol. The fourth-order valence-electron chi connectivity index (χ4n) is 3.33. The van der Waals surface area contributed by atoms with E-state index in [1.54, 1.807) is 54.6 Å². The van der Waals surface area contributed by atoms with Crippen LogP contribution in [0.2, 0.25) is 5.02 Å². The quantitative estimate of drug-likeness (QED) is 0.496. The highest BCUT2D eigenvalue weighted by atomic mass is 35.5. The van der Waals surface area contributed by atoms with Gasteiger partial charge in [-0.1, -0.05) is 29.8 Å². The Bertz CT molecular complexity index is 1410. The number of aromatic nitrogens is 2. The highest BCUT2D eigenvalue weighted by Crippen LogP contribution is 2.28. The minimum Gasteiger partial charge on any atom is -0.495 e. The van der Waals surface area contributed by atoms with Crippen molar-refractivity contribution in [3.8, 4) is 11.4 Å². The first-order chi connectivity index (χ1) is 14.9. The lowest BCUT2D eigenvalue weighted by atomic mass is 10.3. The molecule has 1 amide bonds. The van der Waals surface area contributed by atoms with E-state index >= 15 is 0 Å². The molecule has 2 aromatic carbocycles. The standard InChI is InChI=1S/C22H18ClN3O4S/c1-13-10-16-20(28)26(15-6-4-3-5-7-15)22(29)25(21(16)31-13)12-19(27)24-17-11-14(23)8-9-18(17)30-2/h3-11H,12H2,1-2H3,(H,24,27). The first kappa shape index (κ1) is 20.9. The number of methoxy groups -OCH3 is 1. The molecule has 0 radical (unpaired) electrons. The molecule has 2 heterocycles. The molecule has 0 aliphatic rings. The van der Waals surface area contributed by atoms with Gasteiger partial charge >= 0.3 is 5.69 Å². The monoisotopic (exact) mass is 455 g/mol. The maximum Gasteiger partial charge on any atom is 0.337 e. The molecule has 0 aliphatic carbocycles. The molecule has 0 unspecified atom stereocenters. The fraction of sp³-hybridized carbons (Fsp3) is 0.136. The molecule has 9 heteroatoms. The number of benzene rings is 2. The molecular formula is C22H18ClN3O4S. The van der Waals surface area contributed by atoms with Crippen LogP contribution in [0.1, 0.15) is 4.88 Å². The molecule has 1 N–H and O–H groups in total. The summed E-state index contributed by atoms with van der Waals surface area (Å²) in [5.74, 6) is -0.00949. The Kier molecular flexibility index (Phi) is 5.67. The van der Waals surface area contributed by atoms with Crippen LogP contribution in [0.25, 0.3) is 15.9 Å². The first-order valence-corrected chi connectivity index (χ1v) is 10.5. The Morgan fingerprint density at radius 1 is 1.13 bits per heavy atom. The molecule has 2 aromatic heterocycles. The molecule has 0 saturated heterocycles. The molecule has 31 heavy (non-hydrogen) atoms. The summed E-state index contributed by atoms with van der Waals surface area (Å²) >= 11 is 7.32. The summed E-state index contributed by atoms with van der Waals surface area (Å²) in [6.45, 7) is 1.57. The SMILES string of the molecule is COc1ccc(Cl)cc1NC(=O)Cn1c(=O)n(-c2ccccc2)c(=O)c2cc(C)sc21. The van der Waals surface area contributed by atoms with Gasteiger partial charge in [-0.15, -0.1) is 11.3 Å². The van der Waals surface area contributed by atoms with Crippen molar-refractivity contribution >= 4 is 44.7 Å². The second kappa shape index (κ2) is 8.41. The minimum atomic E-state index is -0.584. The lowest BCUT2D eigenvalue weighted by Gasteiger charge is -2.13. The summed E-state index contributed by atoms with van der Waals surface area (Å²) in [7, 11) is 1.48. The predicted molar refractivity (Wildman–Crippen MR) is 123 cm³/mol. The predicted octanol–water partition coefficient (Wildman–Crippen LogP) is 3.82. The Morgan fingerprint density at radius 3 is 2.58 bits per heavy atom. The number of rotatable bonds is 5. The van der Waals surface area contributed by atoms with E-state index in [4.69, 9.17) is 16.3 Å². The van der Waals surface area contributed by atoms with E-state index in [2.05, 4.69) is 5.32 Å². The summed E-state index contributed by atoms with van der Waals surface area (Å²) in [5, 5.41) is 3.55. The van der Waals surface area contributed by atoms with Gasteiger partial charge in [-0.25, -0.2) is 9.36 Å². The molecule has 158 valence electrons. The van der Waals surface area contributed by atoms with Crippen molar-refractivity contribution < 1.29 is 9.53 Å². The lowest BCUT2D eigenvalue weighted by Crippen LogP contribution is -2.40. The van der Waals surface area contributed by atoms with Crippen molar-refractivity contribution in [3.05, 3.63) is 85.3 Å². The van der Waals surface area contributed by atoms with Gasteiger partial charge in [0.05, 0.1) is 23.9 Å². The van der Waals surface area contributed by atoms with E-state index in [-0.39, 0.29) is 6.54 Å². The normalized spacial score (nSPS) is 10.9. The van der Waals surface area contributed by atoms with Gasteiger partial charge in [-0.2, -0.15) is 0 Å². The van der Waals surface area contributed by atoms with Crippen LogP contribution in [0.3, 0.4) is 0 Å². The van der Waals surface area contributed by atoms with E-state index in [0.717, 1.165) is 9.44 Å². The third-order valence-electron chi connectivity index (χ3n) is 4.69. The Balaban J connectivity index is 1.81. The highest BCUT2D eigenvalue weighted by molar-refractivity contribution is 7.18. The van der Waals surface area contributed by atoms with Crippen molar-refractivity contribution in [3.63, 3.8) is 0 Å². The number of aryl methyl sites for hydroxylation is 1. The van der Waals surface area contributed by atoms with Gasteiger partial charge in [0.2, 0.25) is 5.91 Å². The summed E-state index contributed by atoms with van der Waals surface area (Å²) in [5.41, 5.74) is -0.167. The highest BCUT2D eigenvalue weighted by Gasteiger charge is 2.19. The Hall–Kier alpha value is -3.36. The van der Waals surface area contributed by atoms with E-state index in [9.17, 15) is 14.4 Å². The Morgan fingerprint density at radius 2 is 1.87 bits per heavy atom. The first-order valence-electron chi connectivity index (χ1n) is 9.34. The van der Waals surface area contributed by atoms with Gasteiger partial charge in [0, 0.05) is 9.90 Å². The van der Waals surface area contributed by atoms with Crippen LogP contribution in [0.4, 0.5) is 5.69 Å². The molecule has 0 aliphatic heterocycles.